The molecule has 0 fully saturated rings. The number of rotatable bonds is 8. The van der Waals surface area contributed by atoms with Gasteiger partial charge in [-0.1, -0.05) is 0 Å². The summed E-state index contributed by atoms with van der Waals surface area (Å²) in [6.07, 6.45) is -0.168. The fraction of sp³-hybridized carbons (Fsp3) is 0.412. The van der Waals surface area contributed by atoms with Crippen molar-refractivity contribution in [2.75, 3.05) is 11.9 Å². The van der Waals surface area contributed by atoms with E-state index >= 15 is 0 Å². The smallest absolute Gasteiger partial charge is 0.338 e. The van der Waals surface area contributed by atoms with E-state index in [0.717, 1.165) is 0 Å². The summed E-state index contributed by atoms with van der Waals surface area (Å²) in [5.41, 5.74) is 0.832. The molecule has 24 heavy (non-hydrogen) atoms. The first-order valence-electron chi connectivity index (χ1n) is 7.54. The topological polar surface area (TPSA) is 98.8 Å². The second-order valence-electron chi connectivity index (χ2n) is 5.44. The molecule has 0 aliphatic carbocycles. The predicted octanol–water partition coefficient (Wildman–Crippen LogP) is 2.10. The van der Waals surface area contributed by atoms with E-state index < -0.39 is 24.5 Å². The highest BCUT2D eigenvalue weighted by molar-refractivity contribution is 5.94. The van der Waals surface area contributed by atoms with Gasteiger partial charge in [0.05, 0.1) is 18.1 Å². The van der Waals surface area contributed by atoms with Crippen molar-refractivity contribution < 1.29 is 28.7 Å². The van der Waals surface area contributed by atoms with Gasteiger partial charge in [0, 0.05) is 12.1 Å². The van der Waals surface area contributed by atoms with E-state index in [0.29, 0.717) is 11.3 Å². The van der Waals surface area contributed by atoms with Crippen molar-refractivity contribution in [3.05, 3.63) is 29.8 Å². The molecule has 0 aliphatic heterocycles. The van der Waals surface area contributed by atoms with Gasteiger partial charge in [0.15, 0.2) is 6.61 Å². The fourth-order valence-corrected chi connectivity index (χ4v) is 1.67. The van der Waals surface area contributed by atoms with Gasteiger partial charge in [0.2, 0.25) is 0 Å². The molecule has 7 nitrogen and oxygen atoms in total. The van der Waals surface area contributed by atoms with E-state index in [1.54, 1.807) is 26.0 Å². The van der Waals surface area contributed by atoms with Crippen LogP contribution in [0.15, 0.2) is 24.3 Å². The Morgan fingerprint density at radius 2 is 1.67 bits per heavy atom. The maximum atomic E-state index is 11.7. The Hall–Kier alpha value is -2.70. The normalized spacial score (nSPS) is 10.2. The average molecular weight is 335 g/mol. The minimum Gasteiger partial charge on any atom is -0.459 e. The molecule has 0 unspecified atom stereocenters. The van der Waals surface area contributed by atoms with Gasteiger partial charge < -0.3 is 19.6 Å². The van der Waals surface area contributed by atoms with Gasteiger partial charge in [-0.15, -0.1) is 0 Å². The molecule has 0 radical (unpaired) electrons. The average Bonchev–Trinajstić information content (AvgIpc) is 2.51. The minimum absolute atomic E-state index is 0.0464. The maximum Gasteiger partial charge on any atom is 0.338 e. The van der Waals surface area contributed by atoms with Gasteiger partial charge >= 0.3 is 11.9 Å². The number of ether oxygens (including phenoxy) is 2. The van der Waals surface area contributed by atoms with Crippen molar-refractivity contribution in [1.82, 2.24) is 0 Å². The standard InChI is InChI=1S/C17H21NO6/c1-11(2)24-17(22)13-5-7-14(8-6-13)18-15(20)10-23-16(21)9-4-12(3)19/h5-8,11H,4,9-10H2,1-3H3,(H,18,20). The van der Waals surface area contributed by atoms with Crippen LogP contribution in [0.25, 0.3) is 0 Å². The van der Waals surface area contributed by atoms with Crippen LogP contribution in [0.1, 0.15) is 44.0 Å². The van der Waals surface area contributed by atoms with Gasteiger partial charge in [-0.25, -0.2) is 4.79 Å². The van der Waals surface area contributed by atoms with E-state index in [2.05, 4.69) is 5.32 Å². The molecular weight excluding hydrogens is 314 g/mol. The first kappa shape index (κ1) is 19.3. The lowest BCUT2D eigenvalue weighted by Crippen LogP contribution is -2.21. The van der Waals surface area contributed by atoms with Crippen LogP contribution in [-0.2, 0) is 23.9 Å². The maximum absolute atomic E-state index is 11.7. The highest BCUT2D eigenvalue weighted by Gasteiger charge is 2.11. The van der Waals surface area contributed by atoms with E-state index in [1.807, 2.05) is 0 Å². The van der Waals surface area contributed by atoms with Gasteiger partial charge in [-0.2, -0.15) is 0 Å². The zero-order valence-electron chi connectivity index (χ0n) is 14.0. The van der Waals surface area contributed by atoms with Crippen LogP contribution in [0.3, 0.4) is 0 Å². The van der Waals surface area contributed by atoms with Crippen LogP contribution >= 0.6 is 0 Å². The largest absolute Gasteiger partial charge is 0.459 e. The van der Waals surface area contributed by atoms with Crippen molar-refractivity contribution in [2.24, 2.45) is 0 Å². The SMILES string of the molecule is CC(=O)CCC(=O)OCC(=O)Nc1ccc(C(=O)OC(C)C)cc1. The highest BCUT2D eigenvalue weighted by atomic mass is 16.5. The Morgan fingerprint density at radius 3 is 2.21 bits per heavy atom. The number of esters is 2. The quantitative estimate of drug-likeness (QED) is 0.731. The lowest BCUT2D eigenvalue weighted by Gasteiger charge is -2.09. The summed E-state index contributed by atoms with van der Waals surface area (Å²) in [6, 6.07) is 6.15. The van der Waals surface area contributed by atoms with Crippen molar-refractivity contribution in [2.45, 2.75) is 39.7 Å². The van der Waals surface area contributed by atoms with Crippen LogP contribution < -0.4 is 5.32 Å². The number of carbonyl (C=O) groups excluding carboxylic acids is 4. The summed E-state index contributed by atoms with van der Waals surface area (Å²) in [5.74, 6) is -1.68. The number of nitrogens with one attached hydrogen (secondary N) is 1. The van der Waals surface area contributed by atoms with Crippen molar-refractivity contribution in [3.63, 3.8) is 0 Å². The number of ketones is 1. The van der Waals surface area contributed by atoms with E-state index in [4.69, 9.17) is 9.47 Å². The number of carbonyl (C=O) groups is 4. The molecule has 1 aromatic carbocycles. The first-order chi connectivity index (χ1) is 11.3. The highest BCUT2D eigenvalue weighted by Crippen LogP contribution is 2.11. The van der Waals surface area contributed by atoms with Crippen LogP contribution in [0.5, 0.6) is 0 Å². The molecule has 1 N–H and O–H groups in total. The predicted molar refractivity (Wildman–Crippen MR) is 86.5 cm³/mol. The van der Waals surface area contributed by atoms with Gasteiger partial charge in [0.25, 0.3) is 5.91 Å². The zero-order chi connectivity index (χ0) is 18.1. The molecule has 1 amide bonds. The molecule has 0 spiro atoms. The molecule has 0 bridgehead atoms. The Labute approximate surface area is 140 Å². The number of hydrogen-bond donors (Lipinski definition) is 1. The summed E-state index contributed by atoms with van der Waals surface area (Å²) in [7, 11) is 0. The Bertz CT molecular complexity index is 606. The summed E-state index contributed by atoms with van der Waals surface area (Å²) in [4.78, 5) is 45.4. The van der Waals surface area contributed by atoms with Crippen LogP contribution in [0, 0.1) is 0 Å². The Morgan fingerprint density at radius 1 is 1.04 bits per heavy atom. The molecule has 0 atom stereocenters. The van der Waals surface area contributed by atoms with Crippen molar-refractivity contribution in [1.29, 1.82) is 0 Å². The molecule has 0 aromatic heterocycles. The third-order valence-corrected chi connectivity index (χ3v) is 2.79. The lowest BCUT2D eigenvalue weighted by molar-refractivity contribution is -0.148. The Balaban J connectivity index is 2.43. The summed E-state index contributed by atoms with van der Waals surface area (Å²) in [6.45, 7) is 4.45. The number of anilines is 1. The number of benzene rings is 1. The van der Waals surface area contributed by atoms with Gasteiger partial charge in [-0.05, 0) is 45.0 Å². The van der Waals surface area contributed by atoms with Gasteiger partial charge in [-0.3, -0.25) is 9.59 Å². The summed E-state index contributed by atoms with van der Waals surface area (Å²) < 4.78 is 9.81. The second-order valence-corrected chi connectivity index (χ2v) is 5.44. The third-order valence-electron chi connectivity index (χ3n) is 2.79. The first-order valence-corrected chi connectivity index (χ1v) is 7.54. The molecule has 1 rings (SSSR count). The molecule has 7 heteroatoms. The molecule has 0 aliphatic rings. The van der Waals surface area contributed by atoms with E-state index in [9.17, 15) is 19.2 Å². The molecule has 0 heterocycles. The molecule has 1 aromatic rings. The summed E-state index contributed by atoms with van der Waals surface area (Å²) in [5, 5.41) is 2.53. The number of hydrogen-bond acceptors (Lipinski definition) is 6. The molecular formula is C17H21NO6. The minimum atomic E-state index is -0.605. The third kappa shape index (κ3) is 7.53. The van der Waals surface area contributed by atoms with Crippen molar-refractivity contribution in [3.8, 4) is 0 Å². The molecule has 0 saturated carbocycles. The molecule has 130 valence electrons. The second kappa shape index (κ2) is 9.44. The van der Waals surface area contributed by atoms with Crippen LogP contribution in [0.4, 0.5) is 5.69 Å². The van der Waals surface area contributed by atoms with Crippen molar-refractivity contribution >= 4 is 29.3 Å². The summed E-state index contributed by atoms with van der Waals surface area (Å²) >= 11 is 0. The van der Waals surface area contributed by atoms with E-state index in [1.165, 1.54) is 19.1 Å². The number of amides is 1. The van der Waals surface area contributed by atoms with E-state index in [-0.39, 0.29) is 24.7 Å². The van der Waals surface area contributed by atoms with Crippen LogP contribution in [-0.4, -0.2) is 36.3 Å². The monoisotopic (exact) mass is 335 g/mol. The van der Waals surface area contributed by atoms with Crippen LogP contribution in [0.2, 0.25) is 0 Å². The Kier molecular flexibility index (Phi) is 7.61. The molecule has 0 saturated heterocycles. The zero-order valence-corrected chi connectivity index (χ0v) is 14.0. The van der Waals surface area contributed by atoms with Gasteiger partial charge in [0.1, 0.15) is 5.78 Å². The lowest BCUT2D eigenvalue weighted by atomic mass is 10.2. The fourth-order valence-electron chi connectivity index (χ4n) is 1.67. The number of Topliss-reactive ketones (excluding diaryl/α,β-unsaturated/α-hetero) is 1.